The molecule has 0 spiro atoms. The number of rotatable bonds is 2. The quantitative estimate of drug-likeness (QED) is 0.611. The molecule has 0 aromatic heterocycles. The van der Waals surface area contributed by atoms with Crippen LogP contribution in [0.4, 0.5) is 0 Å². The fraction of sp³-hybridized carbons (Fsp3) is 0.583. The maximum Gasteiger partial charge on any atom is 0.0631 e. The molecule has 0 aromatic rings. The number of aliphatic imine (C=N–C) groups is 1. The summed E-state index contributed by atoms with van der Waals surface area (Å²) >= 11 is 0. The Morgan fingerprint density at radius 2 is 2.31 bits per heavy atom. The van der Waals surface area contributed by atoms with Gasteiger partial charge in [0.05, 0.1) is 5.71 Å². The molecule has 2 rings (SSSR count). The first-order valence-corrected chi connectivity index (χ1v) is 5.21. The third-order valence-electron chi connectivity index (χ3n) is 2.82. The van der Waals surface area contributed by atoms with E-state index in [2.05, 4.69) is 31.0 Å². The molecule has 1 fully saturated rings. The van der Waals surface area contributed by atoms with Gasteiger partial charge in [0.2, 0.25) is 0 Å². The van der Waals surface area contributed by atoms with E-state index in [0.29, 0.717) is 0 Å². The maximum absolute atomic E-state index is 4.62. The molecular weight excluding hydrogens is 158 g/mol. The first-order valence-electron chi connectivity index (χ1n) is 5.21. The van der Waals surface area contributed by atoms with Crippen molar-refractivity contribution in [3.8, 4) is 0 Å². The van der Waals surface area contributed by atoms with Crippen molar-refractivity contribution in [2.75, 3.05) is 6.54 Å². The summed E-state index contributed by atoms with van der Waals surface area (Å²) in [6.07, 6.45) is 8.42. The number of hydrogen-bond donors (Lipinski definition) is 0. The van der Waals surface area contributed by atoms with Gasteiger partial charge in [0.25, 0.3) is 0 Å². The van der Waals surface area contributed by atoms with Gasteiger partial charge in [-0.15, -0.1) is 0 Å². The first kappa shape index (κ1) is 8.74. The van der Waals surface area contributed by atoms with Crippen LogP contribution in [0, 0.1) is 5.92 Å². The molecular formula is C12H17N. The van der Waals surface area contributed by atoms with E-state index in [0.717, 1.165) is 18.9 Å². The van der Waals surface area contributed by atoms with Gasteiger partial charge in [-0.2, -0.15) is 0 Å². The van der Waals surface area contributed by atoms with Crippen LogP contribution in [-0.2, 0) is 0 Å². The SMILES string of the molecule is C/C=C(/C1=NCCC=C1C)C1CC1. The first-order chi connectivity index (χ1) is 6.33. The molecule has 0 unspecified atom stereocenters. The Kier molecular flexibility index (Phi) is 2.34. The van der Waals surface area contributed by atoms with Gasteiger partial charge in [-0.25, -0.2) is 0 Å². The molecule has 13 heavy (non-hydrogen) atoms. The van der Waals surface area contributed by atoms with Crippen molar-refractivity contribution in [3.05, 3.63) is 23.3 Å². The van der Waals surface area contributed by atoms with E-state index in [9.17, 15) is 0 Å². The van der Waals surface area contributed by atoms with Gasteiger partial charge in [0, 0.05) is 6.54 Å². The lowest BCUT2D eigenvalue weighted by Crippen LogP contribution is -2.10. The van der Waals surface area contributed by atoms with Crippen LogP contribution >= 0.6 is 0 Å². The molecule has 1 aliphatic carbocycles. The molecule has 0 radical (unpaired) electrons. The minimum Gasteiger partial charge on any atom is -0.284 e. The van der Waals surface area contributed by atoms with Gasteiger partial charge < -0.3 is 0 Å². The van der Waals surface area contributed by atoms with Gasteiger partial charge in [0.1, 0.15) is 0 Å². The molecule has 1 aliphatic heterocycles. The van der Waals surface area contributed by atoms with E-state index in [1.807, 2.05) is 0 Å². The van der Waals surface area contributed by atoms with E-state index >= 15 is 0 Å². The summed E-state index contributed by atoms with van der Waals surface area (Å²) < 4.78 is 0. The predicted octanol–water partition coefficient (Wildman–Crippen LogP) is 3.13. The Bertz CT molecular complexity index is 290. The van der Waals surface area contributed by atoms with Crippen molar-refractivity contribution >= 4 is 5.71 Å². The van der Waals surface area contributed by atoms with Gasteiger partial charge in [0.15, 0.2) is 0 Å². The van der Waals surface area contributed by atoms with Crippen molar-refractivity contribution in [2.45, 2.75) is 33.1 Å². The zero-order valence-corrected chi connectivity index (χ0v) is 8.51. The van der Waals surface area contributed by atoms with Crippen LogP contribution in [0.15, 0.2) is 28.3 Å². The highest BCUT2D eigenvalue weighted by molar-refractivity contribution is 6.12. The monoisotopic (exact) mass is 175 g/mol. The highest BCUT2D eigenvalue weighted by atomic mass is 14.7. The van der Waals surface area contributed by atoms with Crippen LogP contribution in [0.2, 0.25) is 0 Å². The van der Waals surface area contributed by atoms with Crippen molar-refractivity contribution < 1.29 is 0 Å². The number of dihydropyridines is 1. The summed E-state index contributed by atoms with van der Waals surface area (Å²) in [5, 5.41) is 0. The van der Waals surface area contributed by atoms with Gasteiger partial charge in [-0.3, -0.25) is 4.99 Å². The number of allylic oxidation sites excluding steroid dienone is 3. The van der Waals surface area contributed by atoms with E-state index in [1.165, 1.54) is 29.7 Å². The van der Waals surface area contributed by atoms with Gasteiger partial charge in [-0.05, 0) is 50.2 Å². The Morgan fingerprint density at radius 1 is 1.54 bits per heavy atom. The number of hydrogen-bond acceptors (Lipinski definition) is 1. The lowest BCUT2D eigenvalue weighted by molar-refractivity contribution is 0.961. The summed E-state index contributed by atoms with van der Waals surface area (Å²) in [7, 11) is 0. The lowest BCUT2D eigenvalue weighted by Gasteiger charge is -2.14. The van der Waals surface area contributed by atoms with E-state index < -0.39 is 0 Å². The van der Waals surface area contributed by atoms with Crippen LogP contribution < -0.4 is 0 Å². The van der Waals surface area contributed by atoms with Crippen LogP contribution in [0.25, 0.3) is 0 Å². The normalized spacial score (nSPS) is 24.0. The lowest BCUT2D eigenvalue weighted by atomic mass is 9.97. The van der Waals surface area contributed by atoms with E-state index in [4.69, 9.17) is 0 Å². The zero-order chi connectivity index (χ0) is 9.26. The number of nitrogens with zero attached hydrogens (tertiary/aromatic N) is 1. The second-order valence-corrected chi connectivity index (χ2v) is 3.92. The molecule has 2 aliphatic rings. The van der Waals surface area contributed by atoms with Gasteiger partial charge in [-0.1, -0.05) is 12.2 Å². The highest BCUT2D eigenvalue weighted by Crippen LogP contribution is 2.38. The molecule has 0 bridgehead atoms. The second-order valence-electron chi connectivity index (χ2n) is 3.92. The largest absolute Gasteiger partial charge is 0.284 e. The Morgan fingerprint density at radius 3 is 2.85 bits per heavy atom. The summed E-state index contributed by atoms with van der Waals surface area (Å²) in [4.78, 5) is 4.62. The van der Waals surface area contributed by atoms with Crippen molar-refractivity contribution in [1.29, 1.82) is 0 Å². The highest BCUT2D eigenvalue weighted by Gasteiger charge is 2.29. The van der Waals surface area contributed by atoms with Crippen molar-refractivity contribution in [1.82, 2.24) is 0 Å². The van der Waals surface area contributed by atoms with E-state index in [1.54, 1.807) is 0 Å². The van der Waals surface area contributed by atoms with Crippen LogP contribution in [0.3, 0.4) is 0 Å². The van der Waals surface area contributed by atoms with Crippen LogP contribution in [0.1, 0.15) is 33.1 Å². The molecule has 1 heteroatoms. The third kappa shape index (κ3) is 1.74. The van der Waals surface area contributed by atoms with Crippen LogP contribution in [0.5, 0.6) is 0 Å². The molecule has 1 saturated carbocycles. The topological polar surface area (TPSA) is 12.4 Å². The summed E-state index contributed by atoms with van der Waals surface area (Å²) in [6, 6.07) is 0. The Labute approximate surface area is 80.3 Å². The Balaban J connectivity index is 2.22. The summed E-state index contributed by atoms with van der Waals surface area (Å²) in [6.45, 7) is 5.30. The van der Waals surface area contributed by atoms with Crippen LogP contribution in [-0.4, -0.2) is 12.3 Å². The molecule has 0 aromatic carbocycles. The zero-order valence-electron chi connectivity index (χ0n) is 8.51. The fourth-order valence-corrected chi connectivity index (χ4v) is 1.96. The molecule has 0 saturated heterocycles. The van der Waals surface area contributed by atoms with Gasteiger partial charge >= 0.3 is 0 Å². The summed E-state index contributed by atoms with van der Waals surface area (Å²) in [5.74, 6) is 0.824. The molecule has 0 amide bonds. The van der Waals surface area contributed by atoms with Crippen molar-refractivity contribution in [3.63, 3.8) is 0 Å². The molecule has 70 valence electrons. The predicted molar refractivity (Wildman–Crippen MR) is 57.2 cm³/mol. The molecule has 0 N–H and O–H groups in total. The summed E-state index contributed by atoms with van der Waals surface area (Å²) in [5.41, 5.74) is 4.16. The minimum atomic E-state index is 0.824. The Hall–Kier alpha value is -0.850. The average molecular weight is 175 g/mol. The smallest absolute Gasteiger partial charge is 0.0631 e. The molecule has 0 atom stereocenters. The maximum atomic E-state index is 4.62. The minimum absolute atomic E-state index is 0.824. The second kappa shape index (κ2) is 3.49. The fourth-order valence-electron chi connectivity index (χ4n) is 1.96. The average Bonchev–Trinajstić information content (AvgIpc) is 2.93. The molecule has 1 heterocycles. The molecule has 1 nitrogen and oxygen atoms in total. The standard InChI is InChI=1S/C12H17N/c1-3-11(10-6-7-10)12-9(2)5-4-8-13-12/h3,5,10H,4,6-8H2,1-2H3/b11-3+. The van der Waals surface area contributed by atoms with E-state index in [-0.39, 0.29) is 0 Å². The van der Waals surface area contributed by atoms with Crippen molar-refractivity contribution in [2.24, 2.45) is 10.9 Å². The third-order valence-corrected chi connectivity index (χ3v) is 2.82.